The minimum atomic E-state index is 0.452. The second-order valence-electron chi connectivity index (χ2n) is 5.58. The Labute approximate surface area is 115 Å². The number of rotatable bonds is 3. The monoisotopic (exact) mass is 261 g/mol. The number of nitrogens with zero attached hydrogens (tertiary/aromatic N) is 2. The number of hydrogen-bond acceptors (Lipinski definition) is 4. The smallest absolute Gasteiger partial charge is 0.119 e. The molecule has 1 aromatic carbocycles. The number of nitrogens with one attached hydrogen (secondary N) is 1. The zero-order chi connectivity index (χ0) is 13.2. The van der Waals surface area contributed by atoms with E-state index in [9.17, 15) is 0 Å². The van der Waals surface area contributed by atoms with Gasteiger partial charge >= 0.3 is 0 Å². The zero-order valence-electron chi connectivity index (χ0n) is 11.9. The average molecular weight is 261 g/mol. The molecule has 1 saturated heterocycles. The van der Waals surface area contributed by atoms with Crippen LogP contribution in [-0.4, -0.2) is 50.2 Å². The molecule has 1 aliphatic heterocycles. The van der Waals surface area contributed by atoms with Gasteiger partial charge in [0.25, 0.3) is 0 Å². The second-order valence-corrected chi connectivity index (χ2v) is 5.58. The van der Waals surface area contributed by atoms with Crippen LogP contribution in [0.2, 0.25) is 0 Å². The Kier molecular flexibility index (Phi) is 3.73. The van der Waals surface area contributed by atoms with Crippen LogP contribution in [0.1, 0.15) is 23.6 Å². The SMILES string of the molecule is COc1ccc2c(c1)C(NN1CCN(C)CC1)CC2. The maximum absolute atomic E-state index is 5.34. The molecule has 0 radical (unpaired) electrons. The van der Waals surface area contributed by atoms with E-state index in [4.69, 9.17) is 4.74 Å². The lowest BCUT2D eigenvalue weighted by molar-refractivity contribution is 0.0867. The maximum Gasteiger partial charge on any atom is 0.119 e. The summed E-state index contributed by atoms with van der Waals surface area (Å²) in [6.45, 7) is 4.49. The molecule has 0 saturated carbocycles. The normalized spacial score (nSPS) is 24.4. The molecule has 0 spiro atoms. The van der Waals surface area contributed by atoms with Crippen LogP contribution >= 0.6 is 0 Å². The van der Waals surface area contributed by atoms with Crippen molar-refractivity contribution in [3.8, 4) is 5.75 Å². The number of ether oxygens (including phenoxy) is 1. The van der Waals surface area contributed by atoms with Crippen LogP contribution < -0.4 is 10.2 Å². The number of hydrogen-bond donors (Lipinski definition) is 1. The highest BCUT2D eigenvalue weighted by Gasteiger charge is 2.25. The fourth-order valence-corrected chi connectivity index (χ4v) is 3.00. The van der Waals surface area contributed by atoms with Gasteiger partial charge in [0.2, 0.25) is 0 Å². The molecule has 19 heavy (non-hydrogen) atoms. The van der Waals surface area contributed by atoms with Gasteiger partial charge in [-0.2, -0.15) is 0 Å². The van der Waals surface area contributed by atoms with Crippen molar-refractivity contribution in [2.24, 2.45) is 0 Å². The molecule has 2 aliphatic rings. The van der Waals surface area contributed by atoms with Gasteiger partial charge in [-0.05, 0) is 43.1 Å². The molecule has 1 heterocycles. The summed E-state index contributed by atoms with van der Waals surface area (Å²) < 4.78 is 5.34. The molecular weight excluding hydrogens is 238 g/mol. The molecule has 0 amide bonds. The Bertz CT molecular complexity index is 441. The molecule has 4 heteroatoms. The van der Waals surface area contributed by atoms with E-state index in [0.29, 0.717) is 6.04 Å². The number of piperazine rings is 1. The van der Waals surface area contributed by atoms with Crippen molar-refractivity contribution in [1.82, 2.24) is 15.3 Å². The van der Waals surface area contributed by atoms with Gasteiger partial charge in [0, 0.05) is 32.2 Å². The first-order chi connectivity index (χ1) is 9.26. The van der Waals surface area contributed by atoms with Crippen molar-refractivity contribution in [3.63, 3.8) is 0 Å². The summed E-state index contributed by atoms with van der Waals surface area (Å²) in [7, 11) is 3.92. The second kappa shape index (κ2) is 5.49. The Morgan fingerprint density at radius 1 is 1.21 bits per heavy atom. The van der Waals surface area contributed by atoms with Gasteiger partial charge < -0.3 is 9.64 Å². The fourth-order valence-electron chi connectivity index (χ4n) is 3.00. The summed E-state index contributed by atoms with van der Waals surface area (Å²) >= 11 is 0. The number of likely N-dealkylation sites (N-methyl/N-ethyl adjacent to an activating group) is 1. The maximum atomic E-state index is 5.34. The quantitative estimate of drug-likeness (QED) is 0.891. The molecule has 1 aromatic rings. The van der Waals surface area contributed by atoms with Gasteiger partial charge in [0.05, 0.1) is 7.11 Å². The van der Waals surface area contributed by atoms with Crippen LogP contribution in [0.3, 0.4) is 0 Å². The highest BCUT2D eigenvalue weighted by molar-refractivity contribution is 5.40. The molecule has 0 bridgehead atoms. The number of methoxy groups -OCH3 is 1. The first-order valence-electron chi connectivity index (χ1n) is 7.13. The molecule has 1 N–H and O–H groups in total. The van der Waals surface area contributed by atoms with E-state index in [1.54, 1.807) is 7.11 Å². The third-order valence-corrected chi connectivity index (χ3v) is 4.27. The molecule has 1 aliphatic carbocycles. The summed E-state index contributed by atoms with van der Waals surface area (Å²) in [5.74, 6) is 0.964. The average Bonchev–Trinajstić information content (AvgIpc) is 2.84. The van der Waals surface area contributed by atoms with Gasteiger partial charge in [0.1, 0.15) is 5.75 Å². The molecular formula is C15H23N3O. The lowest BCUT2D eigenvalue weighted by Crippen LogP contribution is -2.51. The van der Waals surface area contributed by atoms with Crippen molar-refractivity contribution in [2.75, 3.05) is 40.3 Å². The molecule has 1 atom stereocenters. The molecule has 1 fully saturated rings. The highest BCUT2D eigenvalue weighted by atomic mass is 16.5. The van der Waals surface area contributed by atoms with Crippen LogP contribution in [0.5, 0.6) is 5.75 Å². The summed E-state index contributed by atoms with van der Waals surface area (Å²) in [6, 6.07) is 6.92. The minimum absolute atomic E-state index is 0.452. The van der Waals surface area contributed by atoms with Crippen molar-refractivity contribution >= 4 is 0 Å². The summed E-state index contributed by atoms with van der Waals surface area (Å²) in [4.78, 5) is 2.38. The Morgan fingerprint density at radius 2 is 2.00 bits per heavy atom. The zero-order valence-corrected chi connectivity index (χ0v) is 11.9. The van der Waals surface area contributed by atoms with Crippen LogP contribution in [-0.2, 0) is 6.42 Å². The number of fused-ring (bicyclic) bond motifs is 1. The third-order valence-electron chi connectivity index (χ3n) is 4.27. The summed E-state index contributed by atoms with van der Waals surface area (Å²) in [5.41, 5.74) is 6.58. The summed E-state index contributed by atoms with van der Waals surface area (Å²) in [6.07, 6.45) is 2.36. The van der Waals surface area contributed by atoms with E-state index in [-0.39, 0.29) is 0 Å². The fraction of sp³-hybridized carbons (Fsp3) is 0.600. The van der Waals surface area contributed by atoms with Gasteiger partial charge in [-0.25, -0.2) is 10.4 Å². The molecule has 0 aromatic heterocycles. The first kappa shape index (κ1) is 12.9. The number of benzene rings is 1. The van der Waals surface area contributed by atoms with Crippen LogP contribution in [0.15, 0.2) is 18.2 Å². The van der Waals surface area contributed by atoms with Gasteiger partial charge in [-0.15, -0.1) is 0 Å². The topological polar surface area (TPSA) is 27.7 Å². The predicted octanol–water partition coefficient (Wildman–Crippen LogP) is 1.43. The Hall–Kier alpha value is -1.10. The van der Waals surface area contributed by atoms with Crippen LogP contribution in [0.25, 0.3) is 0 Å². The molecule has 1 unspecified atom stereocenters. The number of hydrazine groups is 1. The first-order valence-corrected chi connectivity index (χ1v) is 7.13. The van der Waals surface area contributed by atoms with E-state index in [0.717, 1.165) is 31.9 Å². The van der Waals surface area contributed by atoms with E-state index < -0.39 is 0 Å². The lowest BCUT2D eigenvalue weighted by atomic mass is 10.1. The molecule has 104 valence electrons. The van der Waals surface area contributed by atoms with E-state index in [2.05, 4.69) is 40.6 Å². The molecule has 3 rings (SSSR count). The Balaban J connectivity index is 1.68. The minimum Gasteiger partial charge on any atom is -0.497 e. The van der Waals surface area contributed by atoms with E-state index in [1.165, 1.54) is 24.0 Å². The van der Waals surface area contributed by atoms with Gasteiger partial charge in [-0.1, -0.05) is 6.07 Å². The van der Waals surface area contributed by atoms with Crippen LogP contribution in [0, 0.1) is 0 Å². The standard InChI is InChI=1S/C15H23N3O/c1-17-7-9-18(10-8-17)16-15-6-4-12-3-5-13(19-2)11-14(12)15/h3,5,11,15-16H,4,6-10H2,1-2H3. The predicted molar refractivity (Wildman–Crippen MR) is 76.3 cm³/mol. The van der Waals surface area contributed by atoms with E-state index >= 15 is 0 Å². The Morgan fingerprint density at radius 3 is 2.74 bits per heavy atom. The third kappa shape index (κ3) is 2.76. The summed E-state index contributed by atoms with van der Waals surface area (Å²) in [5, 5.41) is 2.37. The highest BCUT2D eigenvalue weighted by Crippen LogP contribution is 2.33. The largest absolute Gasteiger partial charge is 0.497 e. The van der Waals surface area contributed by atoms with E-state index in [1.807, 2.05) is 0 Å². The van der Waals surface area contributed by atoms with Crippen molar-refractivity contribution in [3.05, 3.63) is 29.3 Å². The molecule has 4 nitrogen and oxygen atoms in total. The van der Waals surface area contributed by atoms with Crippen LogP contribution in [0.4, 0.5) is 0 Å². The number of aryl methyl sites for hydroxylation is 1. The van der Waals surface area contributed by atoms with Crippen molar-refractivity contribution in [2.45, 2.75) is 18.9 Å². The van der Waals surface area contributed by atoms with Crippen molar-refractivity contribution in [1.29, 1.82) is 0 Å². The lowest BCUT2D eigenvalue weighted by Gasteiger charge is -2.34. The van der Waals surface area contributed by atoms with Gasteiger partial charge in [0.15, 0.2) is 0 Å². The van der Waals surface area contributed by atoms with Crippen molar-refractivity contribution < 1.29 is 4.74 Å². The van der Waals surface area contributed by atoms with Gasteiger partial charge in [-0.3, -0.25) is 0 Å².